The number of carboxylic acid groups (broad SMARTS) is 1. The second kappa shape index (κ2) is 4.36. The smallest absolute Gasteiger partial charge is 0.337 e. The topological polar surface area (TPSA) is 57.5 Å². The van der Waals surface area contributed by atoms with Crippen LogP contribution in [-0.4, -0.2) is 16.2 Å². The number of benzene rings is 1. The number of rotatable bonds is 2. The largest absolute Gasteiger partial charge is 0.479 e. The van der Waals surface area contributed by atoms with Crippen LogP contribution < -0.4 is 0 Å². The van der Waals surface area contributed by atoms with Crippen LogP contribution in [0.2, 0.25) is 15.1 Å². The summed E-state index contributed by atoms with van der Waals surface area (Å²) in [5.74, 6) is -1.40. The molecule has 3 nitrogen and oxygen atoms in total. The van der Waals surface area contributed by atoms with Gasteiger partial charge in [-0.05, 0) is 12.1 Å². The van der Waals surface area contributed by atoms with Crippen LogP contribution in [0.3, 0.4) is 0 Å². The van der Waals surface area contributed by atoms with Gasteiger partial charge in [0.25, 0.3) is 0 Å². The quantitative estimate of drug-likeness (QED) is 0.799. The maximum atomic E-state index is 10.5. The normalized spacial score (nSPS) is 12.6. The second-order valence-corrected chi connectivity index (χ2v) is 3.75. The molecule has 0 heterocycles. The van der Waals surface area contributed by atoms with Crippen LogP contribution >= 0.6 is 34.8 Å². The first kappa shape index (κ1) is 11.6. The maximum absolute atomic E-state index is 10.5. The second-order valence-electron chi connectivity index (χ2n) is 2.53. The highest BCUT2D eigenvalue weighted by Crippen LogP contribution is 2.32. The van der Waals surface area contributed by atoms with Gasteiger partial charge in [0.1, 0.15) is 0 Å². The predicted molar refractivity (Wildman–Crippen MR) is 54.1 cm³/mol. The van der Waals surface area contributed by atoms with E-state index in [2.05, 4.69) is 0 Å². The van der Waals surface area contributed by atoms with E-state index in [0.717, 1.165) is 0 Å². The molecule has 1 rings (SSSR count). The molecule has 0 bridgehead atoms. The zero-order valence-corrected chi connectivity index (χ0v) is 8.94. The first-order valence-corrected chi connectivity index (χ1v) is 4.62. The number of carboxylic acids is 1. The molecule has 0 unspecified atom stereocenters. The van der Waals surface area contributed by atoms with Crippen LogP contribution in [0.5, 0.6) is 0 Å². The summed E-state index contributed by atoms with van der Waals surface area (Å²) in [6.45, 7) is 0. The Morgan fingerprint density at radius 1 is 1.14 bits per heavy atom. The predicted octanol–water partition coefficient (Wildman–Crippen LogP) is 2.76. The molecule has 76 valence electrons. The molecular weight excluding hydrogens is 250 g/mol. The fraction of sp³-hybridized carbons (Fsp3) is 0.125. The third-order valence-corrected chi connectivity index (χ3v) is 2.62. The van der Waals surface area contributed by atoms with Crippen molar-refractivity contribution in [1.82, 2.24) is 0 Å². The van der Waals surface area contributed by atoms with Crippen molar-refractivity contribution in [2.75, 3.05) is 0 Å². The van der Waals surface area contributed by atoms with Gasteiger partial charge in [0.05, 0.1) is 10.0 Å². The molecule has 0 aliphatic carbocycles. The number of hydrogen-bond donors (Lipinski definition) is 2. The molecule has 1 atom stereocenters. The number of carbonyl (C=O) groups is 1. The average Bonchev–Trinajstić information content (AvgIpc) is 2.10. The molecule has 6 heteroatoms. The van der Waals surface area contributed by atoms with Gasteiger partial charge in [-0.15, -0.1) is 0 Å². The summed E-state index contributed by atoms with van der Waals surface area (Å²) in [4.78, 5) is 10.5. The minimum Gasteiger partial charge on any atom is -0.479 e. The zero-order chi connectivity index (χ0) is 10.9. The Kier molecular flexibility index (Phi) is 3.61. The van der Waals surface area contributed by atoms with Gasteiger partial charge in [-0.2, -0.15) is 0 Å². The van der Waals surface area contributed by atoms with Crippen LogP contribution in [0.25, 0.3) is 0 Å². The number of hydrogen-bond acceptors (Lipinski definition) is 2. The third-order valence-electron chi connectivity index (χ3n) is 1.57. The molecule has 0 saturated heterocycles. The first-order valence-electron chi connectivity index (χ1n) is 3.48. The molecule has 0 aliphatic rings. The molecule has 0 amide bonds. The van der Waals surface area contributed by atoms with E-state index in [1.54, 1.807) is 0 Å². The van der Waals surface area contributed by atoms with E-state index in [4.69, 9.17) is 39.9 Å². The fourth-order valence-electron chi connectivity index (χ4n) is 0.881. The number of aliphatic hydroxyl groups is 1. The molecule has 0 aromatic heterocycles. The molecular formula is C8H5Cl3O3. The van der Waals surface area contributed by atoms with Crippen LogP contribution in [0.15, 0.2) is 12.1 Å². The van der Waals surface area contributed by atoms with E-state index < -0.39 is 12.1 Å². The van der Waals surface area contributed by atoms with E-state index in [0.29, 0.717) is 0 Å². The fourth-order valence-corrected chi connectivity index (χ4v) is 1.54. The third kappa shape index (κ3) is 2.30. The van der Waals surface area contributed by atoms with Gasteiger partial charge < -0.3 is 10.2 Å². The van der Waals surface area contributed by atoms with Gasteiger partial charge in [0.15, 0.2) is 6.10 Å². The molecule has 1 aromatic rings. The van der Waals surface area contributed by atoms with Gasteiger partial charge in [-0.1, -0.05) is 34.8 Å². The highest BCUT2D eigenvalue weighted by molar-refractivity contribution is 6.43. The molecule has 0 saturated carbocycles. The summed E-state index contributed by atoms with van der Waals surface area (Å²) < 4.78 is 0. The summed E-state index contributed by atoms with van der Waals surface area (Å²) in [6, 6.07) is 2.51. The van der Waals surface area contributed by atoms with Gasteiger partial charge in [-0.3, -0.25) is 0 Å². The summed E-state index contributed by atoms with van der Waals surface area (Å²) in [7, 11) is 0. The highest BCUT2D eigenvalue weighted by Gasteiger charge is 2.20. The Morgan fingerprint density at radius 2 is 1.64 bits per heavy atom. The minimum atomic E-state index is -1.70. The van der Waals surface area contributed by atoms with Gasteiger partial charge in [0, 0.05) is 10.6 Å². The van der Waals surface area contributed by atoms with Gasteiger partial charge >= 0.3 is 5.97 Å². The van der Waals surface area contributed by atoms with E-state index in [1.165, 1.54) is 12.1 Å². The first-order chi connectivity index (χ1) is 6.43. The number of aliphatic carboxylic acids is 1. The lowest BCUT2D eigenvalue weighted by Crippen LogP contribution is -2.10. The molecule has 1 aromatic carbocycles. The van der Waals surface area contributed by atoms with Crippen molar-refractivity contribution in [3.8, 4) is 0 Å². The van der Waals surface area contributed by atoms with E-state index in [-0.39, 0.29) is 20.6 Å². The Labute approximate surface area is 94.8 Å². The van der Waals surface area contributed by atoms with Crippen molar-refractivity contribution in [1.29, 1.82) is 0 Å². The standard InChI is InChI=1S/C8H5Cl3O3/c9-4-2-6(11)5(10)1-3(4)7(12)8(13)14/h1-2,7,12H,(H,13,14)/t7-/m1/s1. The number of aliphatic hydroxyl groups excluding tert-OH is 1. The zero-order valence-electron chi connectivity index (χ0n) is 6.67. The lowest BCUT2D eigenvalue weighted by molar-refractivity contribution is -0.146. The van der Waals surface area contributed by atoms with Crippen molar-refractivity contribution in [2.24, 2.45) is 0 Å². The lowest BCUT2D eigenvalue weighted by Gasteiger charge is -2.09. The molecule has 14 heavy (non-hydrogen) atoms. The van der Waals surface area contributed by atoms with Crippen molar-refractivity contribution < 1.29 is 15.0 Å². The maximum Gasteiger partial charge on any atom is 0.337 e. The highest BCUT2D eigenvalue weighted by atomic mass is 35.5. The van der Waals surface area contributed by atoms with Gasteiger partial charge in [0.2, 0.25) is 0 Å². The minimum absolute atomic E-state index is 0.0218. The molecule has 0 spiro atoms. The summed E-state index contributed by atoms with van der Waals surface area (Å²) in [5, 5.41) is 18.2. The van der Waals surface area contributed by atoms with E-state index in [1.807, 2.05) is 0 Å². The Bertz CT molecular complexity index is 378. The summed E-state index contributed by atoms with van der Waals surface area (Å²) >= 11 is 16.9. The Hall–Kier alpha value is -0.480. The van der Waals surface area contributed by atoms with Crippen LogP contribution in [0.1, 0.15) is 11.7 Å². The monoisotopic (exact) mass is 254 g/mol. The van der Waals surface area contributed by atoms with Gasteiger partial charge in [-0.25, -0.2) is 4.79 Å². The molecule has 2 N–H and O–H groups in total. The molecule has 0 fully saturated rings. The Morgan fingerprint density at radius 3 is 2.14 bits per heavy atom. The SMILES string of the molecule is O=C(O)[C@H](O)c1cc(Cl)c(Cl)cc1Cl. The molecule has 0 aliphatic heterocycles. The molecule has 0 radical (unpaired) electrons. The Balaban J connectivity index is 3.22. The average molecular weight is 255 g/mol. The van der Waals surface area contributed by atoms with Crippen molar-refractivity contribution in [3.63, 3.8) is 0 Å². The van der Waals surface area contributed by atoms with Crippen molar-refractivity contribution >= 4 is 40.8 Å². The number of halogens is 3. The van der Waals surface area contributed by atoms with Crippen LogP contribution in [0.4, 0.5) is 0 Å². The van der Waals surface area contributed by atoms with Crippen molar-refractivity contribution in [2.45, 2.75) is 6.10 Å². The van der Waals surface area contributed by atoms with E-state index >= 15 is 0 Å². The van der Waals surface area contributed by atoms with Crippen molar-refractivity contribution in [3.05, 3.63) is 32.8 Å². The summed E-state index contributed by atoms with van der Waals surface area (Å²) in [6.07, 6.45) is -1.70. The van der Waals surface area contributed by atoms with E-state index in [9.17, 15) is 9.90 Å². The lowest BCUT2D eigenvalue weighted by atomic mass is 10.1. The van der Waals surface area contributed by atoms with Crippen LogP contribution in [0, 0.1) is 0 Å². The summed E-state index contributed by atoms with van der Waals surface area (Å²) in [5.41, 5.74) is 0.0218. The van der Waals surface area contributed by atoms with Crippen LogP contribution in [-0.2, 0) is 4.79 Å².